The van der Waals surface area contributed by atoms with E-state index >= 15 is 0 Å². The normalized spacial score (nSPS) is 15.4. The van der Waals surface area contributed by atoms with E-state index in [1.165, 1.54) is 5.39 Å². The van der Waals surface area contributed by atoms with Crippen molar-refractivity contribution >= 4 is 27.4 Å². The Hall–Kier alpha value is -6.83. The number of benzene rings is 6. The summed E-state index contributed by atoms with van der Waals surface area (Å²) < 4.78 is 2.23. The van der Waals surface area contributed by atoms with Crippen molar-refractivity contribution in [3.8, 4) is 45.4 Å². The highest BCUT2D eigenvalue weighted by atomic mass is 15.1. The topological polar surface area (TPSA) is 54.5 Å². The number of imidazole rings is 1. The lowest BCUT2D eigenvalue weighted by Gasteiger charge is -2.24. The van der Waals surface area contributed by atoms with Gasteiger partial charge in [-0.05, 0) is 98.6 Å². The molecule has 0 amide bonds. The Labute approximate surface area is 303 Å². The molecule has 52 heavy (non-hydrogen) atoms. The third-order valence-electron chi connectivity index (χ3n) is 10.2. The average Bonchev–Trinajstić information content (AvgIpc) is 3.61. The Morgan fingerprint density at radius 1 is 0.654 bits per heavy atom. The van der Waals surface area contributed by atoms with E-state index in [2.05, 4.69) is 150 Å². The van der Waals surface area contributed by atoms with Gasteiger partial charge in [-0.2, -0.15) is 5.26 Å². The number of fused-ring (bicyclic) bond motifs is 2. The second-order valence-electron chi connectivity index (χ2n) is 13.4. The van der Waals surface area contributed by atoms with Crippen molar-refractivity contribution in [2.45, 2.75) is 12.8 Å². The molecule has 0 aliphatic heterocycles. The second-order valence-corrected chi connectivity index (χ2v) is 13.4. The summed E-state index contributed by atoms with van der Waals surface area (Å²) in [4.78, 5) is 9.61. The Kier molecular flexibility index (Phi) is 7.87. The van der Waals surface area contributed by atoms with E-state index in [4.69, 9.17) is 4.98 Å². The van der Waals surface area contributed by atoms with Crippen LogP contribution in [0.2, 0.25) is 0 Å². The van der Waals surface area contributed by atoms with Gasteiger partial charge in [0, 0.05) is 23.4 Å². The van der Waals surface area contributed by atoms with Gasteiger partial charge >= 0.3 is 0 Å². The van der Waals surface area contributed by atoms with E-state index in [0.717, 1.165) is 72.6 Å². The molecule has 0 bridgehead atoms. The first-order chi connectivity index (χ1) is 25.6. The number of rotatable bonds is 6. The molecule has 0 radical (unpaired) electrons. The average molecular weight is 667 g/mol. The van der Waals surface area contributed by atoms with Crippen LogP contribution in [0, 0.1) is 17.2 Å². The smallest absolute Gasteiger partial charge is 0.145 e. The van der Waals surface area contributed by atoms with Gasteiger partial charge in [0.15, 0.2) is 0 Å². The van der Waals surface area contributed by atoms with Crippen LogP contribution in [0.4, 0.5) is 0 Å². The van der Waals surface area contributed by atoms with Crippen molar-refractivity contribution in [3.63, 3.8) is 0 Å². The highest BCUT2D eigenvalue weighted by Crippen LogP contribution is 2.40. The molecular formula is C48H34N4. The third kappa shape index (κ3) is 5.59. The number of pyridine rings is 1. The van der Waals surface area contributed by atoms with Crippen molar-refractivity contribution in [3.05, 3.63) is 193 Å². The molecule has 0 fully saturated rings. The molecule has 1 aliphatic carbocycles. The van der Waals surface area contributed by atoms with Gasteiger partial charge in [-0.1, -0.05) is 128 Å². The number of para-hydroxylation sites is 3. The van der Waals surface area contributed by atoms with Crippen molar-refractivity contribution < 1.29 is 0 Å². The summed E-state index contributed by atoms with van der Waals surface area (Å²) in [5.74, 6) is 1.31. The number of aromatic nitrogens is 3. The fourth-order valence-corrected chi connectivity index (χ4v) is 7.67. The highest BCUT2D eigenvalue weighted by molar-refractivity contribution is 6.05. The monoisotopic (exact) mass is 666 g/mol. The molecule has 246 valence electrons. The predicted molar refractivity (Wildman–Crippen MR) is 213 cm³/mol. The Morgan fingerprint density at radius 2 is 1.35 bits per heavy atom. The van der Waals surface area contributed by atoms with E-state index in [9.17, 15) is 5.26 Å². The van der Waals surface area contributed by atoms with E-state index in [0.29, 0.717) is 5.56 Å². The van der Waals surface area contributed by atoms with Gasteiger partial charge in [0.25, 0.3) is 0 Å². The van der Waals surface area contributed by atoms with Crippen LogP contribution >= 0.6 is 0 Å². The van der Waals surface area contributed by atoms with Crippen LogP contribution in [-0.2, 0) is 0 Å². The van der Waals surface area contributed by atoms with Gasteiger partial charge in [-0.15, -0.1) is 0 Å². The Bertz CT molecular complexity index is 2700. The summed E-state index contributed by atoms with van der Waals surface area (Å²) in [5, 5.41) is 12.4. The zero-order valence-electron chi connectivity index (χ0n) is 28.7. The lowest BCUT2D eigenvalue weighted by Crippen LogP contribution is -2.10. The summed E-state index contributed by atoms with van der Waals surface area (Å²) in [7, 11) is 0. The fourth-order valence-electron chi connectivity index (χ4n) is 7.67. The minimum absolute atomic E-state index is 0.152. The standard InChI is InChI=1S/C48H34N4/c1-32-27-36(45-15-9-10-26-50-45)22-23-40(32)37-28-33(31-49)29-38(30-37)42-25-24-41(43-13-5-6-14-44(42)43)34-18-20-35(21-19-34)48-51-46-16-7-8-17-47(46)52(48)39-11-3-2-4-12-39/h2-30,32,40H,1H3. The van der Waals surface area contributed by atoms with E-state index in [-0.39, 0.29) is 11.8 Å². The van der Waals surface area contributed by atoms with Crippen molar-refractivity contribution in [1.82, 2.24) is 14.5 Å². The molecular weight excluding hydrogens is 633 g/mol. The largest absolute Gasteiger partial charge is 0.292 e. The molecule has 0 saturated heterocycles. The molecule has 1 aliphatic rings. The molecule has 4 nitrogen and oxygen atoms in total. The van der Waals surface area contributed by atoms with Gasteiger partial charge in [0.2, 0.25) is 0 Å². The third-order valence-corrected chi connectivity index (χ3v) is 10.2. The zero-order chi connectivity index (χ0) is 35.0. The van der Waals surface area contributed by atoms with E-state index in [1.54, 1.807) is 0 Å². The number of allylic oxidation sites excluding steroid dienone is 4. The number of hydrogen-bond acceptors (Lipinski definition) is 3. The van der Waals surface area contributed by atoms with Gasteiger partial charge in [0.1, 0.15) is 5.82 Å². The maximum Gasteiger partial charge on any atom is 0.145 e. The van der Waals surface area contributed by atoms with Crippen LogP contribution < -0.4 is 0 Å². The van der Waals surface area contributed by atoms with Crippen LogP contribution in [0.25, 0.3) is 66.7 Å². The van der Waals surface area contributed by atoms with Gasteiger partial charge < -0.3 is 0 Å². The van der Waals surface area contributed by atoms with Crippen molar-refractivity contribution in [2.75, 3.05) is 0 Å². The molecule has 0 N–H and O–H groups in total. The summed E-state index contributed by atoms with van der Waals surface area (Å²) in [6.07, 6.45) is 8.55. The summed E-state index contributed by atoms with van der Waals surface area (Å²) in [6, 6.07) is 55.2. The molecule has 2 unspecified atom stereocenters. The maximum absolute atomic E-state index is 10.1. The number of hydrogen-bond donors (Lipinski definition) is 0. The summed E-state index contributed by atoms with van der Waals surface area (Å²) >= 11 is 0. The van der Waals surface area contributed by atoms with Gasteiger partial charge in [-0.25, -0.2) is 4.98 Å². The molecule has 6 aromatic carbocycles. The van der Waals surface area contributed by atoms with Crippen molar-refractivity contribution in [1.29, 1.82) is 5.26 Å². The molecule has 9 rings (SSSR count). The zero-order valence-corrected chi connectivity index (χ0v) is 28.7. The van der Waals surface area contributed by atoms with Crippen LogP contribution in [0.1, 0.15) is 29.7 Å². The van der Waals surface area contributed by atoms with E-state index in [1.807, 2.05) is 48.7 Å². The van der Waals surface area contributed by atoms with Crippen LogP contribution in [-0.4, -0.2) is 14.5 Å². The van der Waals surface area contributed by atoms with Gasteiger partial charge in [-0.3, -0.25) is 9.55 Å². The second kappa shape index (κ2) is 13.1. The quantitative estimate of drug-likeness (QED) is 0.177. The minimum Gasteiger partial charge on any atom is -0.292 e. The molecule has 0 spiro atoms. The molecule has 8 aromatic rings. The molecule has 2 atom stereocenters. The van der Waals surface area contributed by atoms with Crippen LogP contribution in [0.15, 0.2) is 176 Å². The van der Waals surface area contributed by atoms with E-state index < -0.39 is 0 Å². The lowest BCUT2D eigenvalue weighted by atomic mass is 9.80. The highest BCUT2D eigenvalue weighted by Gasteiger charge is 2.22. The summed E-state index contributed by atoms with van der Waals surface area (Å²) in [6.45, 7) is 2.24. The molecule has 2 heterocycles. The van der Waals surface area contributed by atoms with Crippen LogP contribution in [0.3, 0.4) is 0 Å². The molecule has 4 heteroatoms. The first-order valence-corrected chi connectivity index (χ1v) is 17.7. The number of nitrogens with zero attached hydrogens (tertiary/aromatic N) is 4. The Morgan fingerprint density at radius 3 is 2.08 bits per heavy atom. The summed E-state index contributed by atoms with van der Waals surface area (Å²) in [5.41, 5.74) is 12.6. The fraction of sp³-hybridized carbons (Fsp3) is 0.0625. The first kappa shape index (κ1) is 31.2. The number of nitriles is 1. The Balaban J connectivity index is 1.08. The maximum atomic E-state index is 10.1. The van der Waals surface area contributed by atoms with Gasteiger partial charge in [0.05, 0.1) is 28.4 Å². The minimum atomic E-state index is 0.152. The first-order valence-electron chi connectivity index (χ1n) is 17.7. The molecule has 2 aromatic heterocycles. The molecule has 0 saturated carbocycles. The van der Waals surface area contributed by atoms with Crippen molar-refractivity contribution in [2.24, 2.45) is 5.92 Å². The predicted octanol–water partition coefficient (Wildman–Crippen LogP) is 11.8. The van der Waals surface area contributed by atoms with Crippen LogP contribution in [0.5, 0.6) is 0 Å². The SMILES string of the molecule is CC1C=C(c2ccccn2)C=CC1c1cc(C#N)cc(-c2ccc(-c3ccc(-c4nc5ccccc5n4-c4ccccc4)cc3)c3ccccc23)c1. The lowest BCUT2D eigenvalue weighted by molar-refractivity contribution is 0.637.